The molecule has 0 amide bonds. The predicted octanol–water partition coefficient (Wildman–Crippen LogP) is 1.35. The Bertz CT molecular complexity index is 465. The van der Waals surface area contributed by atoms with E-state index in [0.29, 0.717) is 12.4 Å². The van der Waals surface area contributed by atoms with Gasteiger partial charge in [0.25, 0.3) is 0 Å². The fourth-order valence-electron chi connectivity index (χ4n) is 1.49. The molecule has 2 rings (SSSR count). The average Bonchev–Trinajstić information content (AvgIpc) is 2.31. The van der Waals surface area contributed by atoms with Crippen molar-refractivity contribution in [3.05, 3.63) is 42.0 Å². The Balaban J connectivity index is 2.31. The number of aryl methyl sites for hydroxylation is 1. The van der Waals surface area contributed by atoms with E-state index in [1.807, 2.05) is 25.4 Å². The summed E-state index contributed by atoms with van der Waals surface area (Å²) in [5, 5.41) is 0. The lowest BCUT2D eigenvalue weighted by atomic mass is 10.1. The molecule has 0 fully saturated rings. The number of nitrogens with two attached hydrogens (primary N) is 1. The second-order valence-corrected chi connectivity index (χ2v) is 3.64. The van der Waals surface area contributed by atoms with Crippen molar-refractivity contribution in [2.24, 2.45) is 5.73 Å². The summed E-state index contributed by atoms with van der Waals surface area (Å²) in [5.74, 6) is 0.714. The van der Waals surface area contributed by atoms with Crippen molar-refractivity contribution in [1.29, 1.82) is 0 Å². The van der Waals surface area contributed by atoms with Gasteiger partial charge in [0.15, 0.2) is 5.82 Å². The summed E-state index contributed by atoms with van der Waals surface area (Å²) in [6.07, 6.45) is 8.00. The van der Waals surface area contributed by atoms with Gasteiger partial charge in [0.1, 0.15) is 0 Å². The molecule has 4 heteroatoms. The first-order chi connectivity index (χ1) is 7.81. The Hall–Kier alpha value is -1.81. The number of rotatable bonds is 3. The lowest BCUT2D eigenvalue weighted by Gasteiger charge is -2.03. The van der Waals surface area contributed by atoms with E-state index in [1.54, 1.807) is 12.4 Å². The van der Waals surface area contributed by atoms with Gasteiger partial charge < -0.3 is 5.73 Å². The van der Waals surface area contributed by atoms with Gasteiger partial charge >= 0.3 is 0 Å². The van der Waals surface area contributed by atoms with Gasteiger partial charge in [0.2, 0.25) is 0 Å². The first kappa shape index (κ1) is 10.7. The molecule has 0 saturated heterocycles. The minimum absolute atomic E-state index is 0.620. The van der Waals surface area contributed by atoms with Gasteiger partial charge in [-0.2, -0.15) is 0 Å². The van der Waals surface area contributed by atoms with Crippen LogP contribution in [0, 0.1) is 6.92 Å². The van der Waals surface area contributed by atoms with Crippen molar-refractivity contribution in [1.82, 2.24) is 15.0 Å². The van der Waals surface area contributed by atoms with Crippen LogP contribution in [-0.2, 0) is 6.42 Å². The largest absolute Gasteiger partial charge is 0.330 e. The normalized spacial score (nSPS) is 10.4. The van der Waals surface area contributed by atoms with Crippen molar-refractivity contribution in [2.75, 3.05) is 6.54 Å². The van der Waals surface area contributed by atoms with Gasteiger partial charge in [-0.3, -0.25) is 4.98 Å². The molecule has 2 N–H and O–H groups in total. The highest BCUT2D eigenvalue weighted by Gasteiger charge is 2.04. The number of aromatic nitrogens is 3. The summed E-state index contributed by atoms with van der Waals surface area (Å²) >= 11 is 0. The van der Waals surface area contributed by atoms with Crippen LogP contribution in [0.2, 0.25) is 0 Å². The van der Waals surface area contributed by atoms with Crippen LogP contribution in [0.15, 0.2) is 30.9 Å². The van der Waals surface area contributed by atoms with Crippen LogP contribution in [0.5, 0.6) is 0 Å². The van der Waals surface area contributed by atoms with E-state index in [2.05, 4.69) is 15.0 Å². The second-order valence-electron chi connectivity index (χ2n) is 3.64. The summed E-state index contributed by atoms with van der Waals surface area (Å²) in [6, 6.07) is 1.95. The van der Waals surface area contributed by atoms with Gasteiger partial charge in [-0.05, 0) is 37.1 Å². The summed E-state index contributed by atoms with van der Waals surface area (Å²) in [5.41, 5.74) is 8.63. The first-order valence-electron chi connectivity index (χ1n) is 5.23. The second kappa shape index (κ2) is 4.81. The molecule has 0 aromatic carbocycles. The summed E-state index contributed by atoms with van der Waals surface area (Å²) in [7, 11) is 0. The van der Waals surface area contributed by atoms with E-state index < -0.39 is 0 Å². The minimum atomic E-state index is 0.620. The zero-order valence-electron chi connectivity index (χ0n) is 9.22. The number of hydrogen-bond acceptors (Lipinski definition) is 4. The maximum atomic E-state index is 5.47. The minimum Gasteiger partial charge on any atom is -0.330 e. The Morgan fingerprint density at radius 3 is 2.56 bits per heavy atom. The molecule has 2 heterocycles. The van der Waals surface area contributed by atoms with Gasteiger partial charge in [-0.25, -0.2) is 9.97 Å². The van der Waals surface area contributed by atoms with E-state index in [-0.39, 0.29) is 0 Å². The molecule has 0 radical (unpaired) electrons. The molecular formula is C12H14N4. The first-order valence-corrected chi connectivity index (χ1v) is 5.23. The third-order valence-electron chi connectivity index (χ3n) is 2.42. The van der Waals surface area contributed by atoms with E-state index in [0.717, 1.165) is 23.1 Å². The third kappa shape index (κ3) is 2.23. The molecule has 0 bridgehead atoms. The highest BCUT2D eigenvalue weighted by molar-refractivity contribution is 5.57. The zero-order chi connectivity index (χ0) is 11.4. The van der Waals surface area contributed by atoms with Crippen LogP contribution in [0.4, 0.5) is 0 Å². The molecule has 0 aliphatic rings. The predicted molar refractivity (Wildman–Crippen MR) is 62.8 cm³/mol. The van der Waals surface area contributed by atoms with E-state index >= 15 is 0 Å². The zero-order valence-corrected chi connectivity index (χ0v) is 9.22. The van der Waals surface area contributed by atoms with Crippen molar-refractivity contribution in [3.63, 3.8) is 0 Å². The molecule has 0 aliphatic heterocycles. The Labute approximate surface area is 94.6 Å². The maximum Gasteiger partial charge on any atom is 0.160 e. The lowest BCUT2D eigenvalue weighted by Crippen LogP contribution is -2.04. The molecule has 2 aromatic rings. The summed E-state index contributed by atoms with van der Waals surface area (Å²) < 4.78 is 0. The van der Waals surface area contributed by atoms with Crippen LogP contribution >= 0.6 is 0 Å². The molecule has 0 unspecified atom stereocenters. The molecule has 16 heavy (non-hydrogen) atoms. The molecule has 0 saturated carbocycles. The molecule has 4 nitrogen and oxygen atoms in total. The quantitative estimate of drug-likeness (QED) is 0.837. The molecular weight excluding hydrogens is 200 g/mol. The maximum absolute atomic E-state index is 5.47. The van der Waals surface area contributed by atoms with Gasteiger partial charge in [0, 0.05) is 30.4 Å². The molecule has 82 valence electrons. The third-order valence-corrected chi connectivity index (χ3v) is 2.42. The summed E-state index contributed by atoms with van der Waals surface area (Å²) in [6.45, 7) is 2.64. The fourth-order valence-corrected chi connectivity index (χ4v) is 1.49. The van der Waals surface area contributed by atoms with E-state index in [4.69, 9.17) is 5.73 Å². The van der Waals surface area contributed by atoms with Crippen molar-refractivity contribution >= 4 is 0 Å². The molecule has 0 aliphatic carbocycles. The van der Waals surface area contributed by atoms with Crippen molar-refractivity contribution in [2.45, 2.75) is 13.3 Å². The van der Waals surface area contributed by atoms with Gasteiger partial charge in [0.05, 0.1) is 0 Å². The van der Waals surface area contributed by atoms with Gasteiger partial charge in [-0.15, -0.1) is 0 Å². The number of pyridine rings is 1. The van der Waals surface area contributed by atoms with Crippen molar-refractivity contribution < 1.29 is 0 Å². The van der Waals surface area contributed by atoms with Crippen LogP contribution in [-0.4, -0.2) is 21.5 Å². The molecule has 2 aromatic heterocycles. The standard InChI is InChI=1S/C12H14N4/c1-9-3-5-14-8-11(9)12-15-6-10(2-4-13)7-16-12/h3,5-8H,2,4,13H2,1H3. The van der Waals surface area contributed by atoms with Crippen LogP contribution in [0.25, 0.3) is 11.4 Å². The number of nitrogens with zero attached hydrogens (tertiary/aromatic N) is 3. The average molecular weight is 214 g/mol. The Morgan fingerprint density at radius 2 is 1.94 bits per heavy atom. The highest BCUT2D eigenvalue weighted by Crippen LogP contribution is 2.17. The monoisotopic (exact) mass is 214 g/mol. The highest BCUT2D eigenvalue weighted by atomic mass is 14.9. The SMILES string of the molecule is Cc1ccncc1-c1ncc(CCN)cn1. The fraction of sp³-hybridized carbons (Fsp3) is 0.250. The van der Waals surface area contributed by atoms with Crippen LogP contribution < -0.4 is 5.73 Å². The van der Waals surface area contributed by atoms with Crippen molar-refractivity contribution in [3.8, 4) is 11.4 Å². The number of hydrogen-bond donors (Lipinski definition) is 1. The van der Waals surface area contributed by atoms with E-state index in [9.17, 15) is 0 Å². The molecule has 0 atom stereocenters. The van der Waals surface area contributed by atoms with Gasteiger partial charge in [-0.1, -0.05) is 0 Å². The Morgan fingerprint density at radius 1 is 1.19 bits per heavy atom. The Kier molecular flexibility index (Phi) is 3.22. The topological polar surface area (TPSA) is 64.7 Å². The smallest absolute Gasteiger partial charge is 0.160 e. The molecule has 0 spiro atoms. The summed E-state index contributed by atoms with van der Waals surface area (Å²) in [4.78, 5) is 12.7. The van der Waals surface area contributed by atoms with Crippen LogP contribution in [0.3, 0.4) is 0 Å². The van der Waals surface area contributed by atoms with Crippen LogP contribution in [0.1, 0.15) is 11.1 Å². The van der Waals surface area contributed by atoms with E-state index in [1.165, 1.54) is 0 Å². The lowest BCUT2D eigenvalue weighted by molar-refractivity contribution is 0.942.